The van der Waals surface area contributed by atoms with E-state index in [9.17, 15) is 9.59 Å². The maximum atomic E-state index is 12.1. The number of carbonyl (C=O) groups excluding carboxylic acids is 2. The van der Waals surface area contributed by atoms with E-state index < -0.39 is 5.41 Å². The quantitative estimate of drug-likeness (QED) is 0.531. The molecular formula is C13H18O3. The summed E-state index contributed by atoms with van der Waals surface area (Å²) in [6, 6.07) is 0. The number of hydrogen-bond acceptors (Lipinski definition) is 3. The van der Waals surface area contributed by atoms with Crippen LogP contribution in [0, 0.1) is 10.8 Å². The first kappa shape index (κ1) is 11.4. The van der Waals surface area contributed by atoms with Gasteiger partial charge in [-0.05, 0) is 19.8 Å². The van der Waals surface area contributed by atoms with Gasteiger partial charge in [0.15, 0.2) is 0 Å². The van der Waals surface area contributed by atoms with Crippen LogP contribution in [0.3, 0.4) is 0 Å². The van der Waals surface area contributed by atoms with Crippen molar-refractivity contribution in [1.82, 2.24) is 0 Å². The van der Waals surface area contributed by atoms with E-state index in [-0.39, 0.29) is 17.2 Å². The molecule has 0 N–H and O–H groups in total. The van der Waals surface area contributed by atoms with E-state index in [1.54, 1.807) is 0 Å². The molecule has 0 bridgehead atoms. The number of rotatable bonds is 2. The molecule has 0 saturated heterocycles. The average molecular weight is 222 g/mol. The Kier molecular flexibility index (Phi) is 2.44. The number of Topliss-reactive ketones (excluding diaryl/α,β-unsaturated/α-hetero) is 1. The lowest BCUT2D eigenvalue weighted by Gasteiger charge is -2.38. The van der Waals surface area contributed by atoms with Gasteiger partial charge < -0.3 is 4.74 Å². The van der Waals surface area contributed by atoms with Crippen molar-refractivity contribution in [2.75, 3.05) is 7.11 Å². The molecule has 3 nitrogen and oxygen atoms in total. The molecule has 0 heterocycles. The lowest BCUT2D eigenvalue weighted by atomic mass is 9.63. The molecule has 0 spiro atoms. The highest BCUT2D eigenvalue weighted by Gasteiger charge is 2.64. The van der Waals surface area contributed by atoms with E-state index in [4.69, 9.17) is 4.74 Å². The number of fused-ring (bicyclic) bond motifs is 1. The van der Waals surface area contributed by atoms with Crippen LogP contribution in [0.25, 0.3) is 0 Å². The fourth-order valence-corrected chi connectivity index (χ4v) is 3.67. The van der Waals surface area contributed by atoms with E-state index >= 15 is 0 Å². The number of carbonyl (C=O) groups is 2. The van der Waals surface area contributed by atoms with Crippen LogP contribution in [0.4, 0.5) is 0 Å². The summed E-state index contributed by atoms with van der Waals surface area (Å²) in [5.74, 6) is -0.0204. The Morgan fingerprint density at radius 1 is 1.50 bits per heavy atom. The van der Waals surface area contributed by atoms with Crippen molar-refractivity contribution in [1.29, 1.82) is 0 Å². The average Bonchev–Trinajstić information content (AvgIpc) is 2.71. The molecule has 88 valence electrons. The van der Waals surface area contributed by atoms with Crippen LogP contribution in [0.15, 0.2) is 11.6 Å². The SMILES string of the molecule is CC[C@]12CC(=O)C[C@@]1(C(=O)OC)CC=C2C. The fourth-order valence-electron chi connectivity index (χ4n) is 3.67. The molecule has 0 amide bonds. The molecule has 1 fully saturated rings. The molecule has 0 aromatic rings. The number of hydrogen-bond donors (Lipinski definition) is 0. The highest BCUT2D eigenvalue weighted by atomic mass is 16.5. The summed E-state index contributed by atoms with van der Waals surface area (Å²) >= 11 is 0. The van der Waals surface area contributed by atoms with Gasteiger partial charge in [0.1, 0.15) is 5.78 Å². The molecule has 0 aromatic heterocycles. The number of ketones is 1. The third kappa shape index (κ3) is 1.09. The molecule has 3 heteroatoms. The first-order chi connectivity index (χ1) is 7.52. The van der Waals surface area contributed by atoms with E-state index in [2.05, 4.69) is 13.0 Å². The summed E-state index contributed by atoms with van der Waals surface area (Å²) in [4.78, 5) is 23.8. The van der Waals surface area contributed by atoms with Gasteiger partial charge >= 0.3 is 5.97 Å². The Morgan fingerprint density at radius 3 is 2.75 bits per heavy atom. The minimum Gasteiger partial charge on any atom is -0.469 e. The Labute approximate surface area is 95.9 Å². The zero-order chi connectivity index (χ0) is 12.0. The number of ether oxygens (including phenoxy) is 1. The Hall–Kier alpha value is -1.12. The number of esters is 1. The van der Waals surface area contributed by atoms with Gasteiger partial charge in [0.2, 0.25) is 0 Å². The number of methoxy groups -OCH3 is 1. The van der Waals surface area contributed by atoms with Gasteiger partial charge in [-0.25, -0.2) is 0 Å². The summed E-state index contributed by atoms with van der Waals surface area (Å²) in [7, 11) is 1.41. The van der Waals surface area contributed by atoms with E-state index in [0.717, 1.165) is 6.42 Å². The van der Waals surface area contributed by atoms with Crippen molar-refractivity contribution in [2.45, 2.75) is 39.5 Å². The second kappa shape index (κ2) is 3.44. The molecule has 0 unspecified atom stereocenters. The lowest BCUT2D eigenvalue weighted by molar-refractivity contribution is -0.157. The summed E-state index contributed by atoms with van der Waals surface area (Å²) in [6.45, 7) is 4.09. The van der Waals surface area contributed by atoms with Gasteiger partial charge in [-0.2, -0.15) is 0 Å². The zero-order valence-corrected chi connectivity index (χ0v) is 10.1. The highest BCUT2D eigenvalue weighted by molar-refractivity contribution is 5.94. The van der Waals surface area contributed by atoms with Crippen LogP contribution in [-0.2, 0) is 14.3 Å². The standard InChI is InChI=1S/C13H18O3/c1-4-12-7-10(14)8-13(12,11(15)16-3)6-5-9(12)2/h5H,4,6-8H2,1-3H3/t12-,13-/m1/s1. The maximum absolute atomic E-state index is 12.1. The normalized spacial score (nSPS) is 37.2. The summed E-state index contributed by atoms with van der Waals surface area (Å²) in [5, 5.41) is 0. The molecule has 2 rings (SSSR count). The molecular weight excluding hydrogens is 204 g/mol. The van der Waals surface area contributed by atoms with Gasteiger partial charge in [0, 0.05) is 18.3 Å². The van der Waals surface area contributed by atoms with Crippen molar-refractivity contribution in [3.05, 3.63) is 11.6 Å². The maximum Gasteiger partial charge on any atom is 0.313 e. The van der Waals surface area contributed by atoms with Crippen molar-refractivity contribution >= 4 is 11.8 Å². The van der Waals surface area contributed by atoms with Crippen molar-refractivity contribution in [3.8, 4) is 0 Å². The summed E-state index contributed by atoms with van der Waals surface area (Å²) < 4.78 is 4.94. The Balaban J connectivity index is 2.52. The van der Waals surface area contributed by atoms with Crippen LogP contribution in [0.1, 0.15) is 39.5 Å². The second-order valence-electron chi connectivity index (χ2n) is 4.99. The van der Waals surface area contributed by atoms with Crippen LogP contribution in [-0.4, -0.2) is 18.9 Å². The Morgan fingerprint density at radius 2 is 2.19 bits per heavy atom. The third-order valence-electron chi connectivity index (χ3n) is 4.61. The van der Waals surface area contributed by atoms with Gasteiger partial charge in [0.25, 0.3) is 0 Å². The molecule has 16 heavy (non-hydrogen) atoms. The summed E-state index contributed by atoms with van der Waals surface area (Å²) in [5.41, 5.74) is 0.320. The largest absolute Gasteiger partial charge is 0.469 e. The third-order valence-corrected chi connectivity index (χ3v) is 4.61. The zero-order valence-electron chi connectivity index (χ0n) is 10.1. The lowest BCUT2D eigenvalue weighted by Crippen LogP contribution is -2.41. The topological polar surface area (TPSA) is 43.4 Å². The van der Waals surface area contributed by atoms with Gasteiger partial charge in [-0.15, -0.1) is 0 Å². The van der Waals surface area contributed by atoms with Gasteiger partial charge in [-0.3, -0.25) is 9.59 Å². The Bertz CT molecular complexity index is 383. The van der Waals surface area contributed by atoms with E-state index in [1.165, 1.54) is 12.7 Å². The number of allylic oxidation sites excluding steroid dienone is 2. The van der Waals surface area contributed by atoms with E-state index in [0.29, 0.717) is 19.3 Å². The van der Waals surface area contributed by atoms with Crippen LogP contribution >= 0.6 is 0 Å². The highest BCUT2D eigenvalue weighted by Crippen LogP contribution is 2.63. The second-order valence-corrected chi connectivity index (χ2v) is 4.99. The van der Waals surface area contributed by atoms with Crippen molar-refractivity contribution in [2.24, 2.45) is 10.8 Å². The van der Waals surface area contributed by atoms with Crippen LogP contribution in [0.2, 0.25) is 0 Å². The monoisotopic (exact) mass is 222 g/mol. The van der Waals surface area contributed by atoms with Crippen LogP contribution in [0.5, 0.6) is 0 Å². The molecule has 0 aliphatic heterocycles. The van der Waals surface area contributed by atoms with Crippen molar-refractivity contribution < 1.29 is 14.3 Å². The molecule has 1 saturated carbocycles. The molecule has 0 radical (unpaired) electrons. The molecule has 2 atom stereocenters. The predicted octanol–water partition coefficient (Wildman–Crippen LogP) is 2.26. The molecule has 2 aliphatic carbocycles. The van der Waals surface area contributed by atoms with Gasteiger partial charge in [0.05, 0.1) is 12.5 Å². The molecule has 2 aliphatic rings. The summed E-state index contributed by atoms with van der Waals surface area (Å²) in [6.07, 6.45) is 4.44. The van der Waals surface area contributed by atoms with E-state index in [1.807, 2.05) is 6.92 Å². The minimum absolute atomic E-state index is 0.194. The first-order valence-electron chi connectivity index (χ1n) is 5.80. The first-order valence-corrected chi connectivity index (χ1v) is 5.80. The van der Waals surface area contributed by atoms with Crippen molar-refractivity contribution in [3.63, 3.8) is 0 Å². The molecule has 0 aromatic carbocycles. The smallest absolute Gasteiger partial charge is 0.313 e. The fraction of sp³-hybridized carbons (Fsp3) is 0.692. The van der Waals surface area contributed by atoms with Crippen LogP contribution < -0.4 is 0 Å². The minimum atomic E-state index is -0.600. The predicted molar refractivity (Wildman–Crippen MR) is 59.8 cm³/mol. The van der Waals surface area contributed by atoms with Gasteiger partial charge in [-0.1, -0.05) is 18.6 Å².